The average Bonchev–Trinajstić information content (AvgIpc) is 2.44. The summed E-state index contributed by atoms with van der Waals surface area (Å²) >= 11 is 3.45. The first-order chi connectivity index (χ1) is 9.99. The van der Waals surface area contributed by atoms with Crippen molar-refractivity contribution in [2.24, 2.45) is 5.73 Å². The zero-order chi connectivity index (χ0) is 15.4. The van der Waals surface area contributed by atoms with E-state index in [1.165, 1.54) is 0 Å². The number of hydrogen-bond donors (Lipinski definition) is 1. The lowest BCUT2D eigenvalue weighted by atomic mass is 10.1. The lowest BCUT2D eigenvalue weighted by molar-refractivity contribution is 0.295. The number of nitrogens with zero attached hydrogens (tertiary/aromatic N) is 1. The van der Waals surface area contributed by atoms with Gasteiger partial charge in [0.25, 0.3) is 0 Å². The molecule has 1 heterocycles. The summed E-state index contributed by atoms with van der Waals surface area (Å²) in [4.78, 5) is 4.45. The highest BCUT2D eigenvalue weighted by atomic mass is 79.9. The van der Waals surface area contributed by atoms with Gasteiger partial charge in [-0.1, -0.05) is 22.0 Å². The van der Waals surface area contributed by atoms with Crippen LogP contribution >= 0.6 is 15.9 Å². The van der Waals surface area contributed by atoms with Crippen molar-refractivity contribution in [2.45, 2.75) is 26.5 Å². The molecule has 2 rings (SSSR count). The lowest BCUT2D eigenvalue weighted by Gasteiger charge is -2.14. The highest BCUT2D eigenvalue weighted by Gasteiger charge is 2.10. The molecule has 0 spiro atoms. The molecule has 2 aromatic rings. The van der Waals surface area contributed by atoms with Crippen molar-refractivity contribution in [3.05, 3.63) is 51.8 Å². The van der Waals surface area contributed by atoms with Gasteiger partial charge < -0.3 is 15.2 Å². The number of nitrogens with two attached hydrogens (primary N) is 1. The number of hydrogen-bond acceptors (Lipinski definition) is 4. The molecule has 0 saturated carbocycles. The third kappa shape index (κ3) is 4.19. The maximum atomic E-state index is 5.97. The molecule has 1 atom stereocenters. The van der Waals surface area contributed by atoms with E-state index >= 15 is 0 Å². The van der Waals surface area contributed by atoms with Crippen molar-refractivity contribution in [1.29, 1.82) is 0 Å². The molecule has 5 heteroatoms. The predicted molar refractivity (Wildman–Crippen MR) is 86.6 cm³/mol. The van der Waals surface area contributed by atoms with Crippen molar-refractivity contribution >= 4 is 15.9 Å². The Kier molecular flexibility index (Phi) is 5.20. The maximum absolute atomic E-state index is 5.97. The van der Waals surface area contributed by atoms with Gasteiger partial charge in [-0.2, -0.15) is 0 Å². The molecule has 0 fully saturated rings. The van der Waals surface area contributed by atoms with Gasteiger partial charge in [-0.3, -0.25) is 4.98 Å². The molecule has 112 valence electrons. The van der Waals surface area contributed by atoms with Crippen LogP contribution in [0.15, 0.2) is 34.8 Å². The number of benzene rings is 1. The molecular formula is C16H19BrN2O2. The van der Waals surface area contributed by atoms with E-state index < -0.39 is 0 Å². The monoisotopic (exact) mass is 350 g/mol. The maximum Gasteiger partial charge on any atom is 0.130 e. The Morgan fingerprint density at radius 3 is 2.71 bits per heavy atom. The number of halogens is 1. The van der Waals surface area contributed by atoms with Crippen LogP contribution in [0, 0.1) is 6.92 Å². The van der Waals surface area contributed by atoms with Gasteiger partial charge in [0.2, 0.25) is 0 Å². The molecule has 4 nitrogen and oxygen atoms in total. The van der Waals surface area contributed by atoms with Crippen LogP contribution in [0.3, 0.4) is 0 Å². The van der Waals surface area contributed by atoms with Crippen LogP contribution in [0.2, 0.25) is 0 Å². The van der Waals surface area contributed by atoms with E-state index in [1.807, 2.05) is 44.2 Å². The molecule has 0 unspecified atom stereocenters. The summed E-state index contributed by atoms with van der Waals surface area (Å²) < 4.78 is 12.1. The van der Waals surface area contributed by atoms with Crippen molar-refractivity contribution in [2.75, 3.05) is 7.11 Å². The fourth-order valence-electron chi connectivity index (χ4n) is 2.06. The minimum absolute atomic E-state index is 0.0897. The van der Waals surface area contributed by atoms with E-state index in [9.17, 15) is 0 Å². The van der Waals surface area contributed by atoms with Crippen LogP contribution in [0.25, 0.3) is 0 Å². The lowest BCUT2D eigenvalue weighted by Crippen LogP contribution is -2.08. The van der Waals surface area contributed by atoms with Crippen molar-refractivity contribution in [3.8, 4) is 11.5 Å². The van der Waals surface area contributed by atoms with E-state index in [-0.39, 0.29) is 6.04 Å². The molecule has 21 heavy (non-hydrogen) atoms. The Morgan fingerprint density at radius 2 is 2.05 bits per heavy atom. The second-order valence-corrected chi connectivity index (χ2v) is 5.81. The summed E-state index contributed by atoms with van der Waals surface area (Å²) in [6.07, 6.45) is 0. The molecule has 0 amide bonds. The SMILES string of the molecule is COc1cc(C)nc(COc2cc(Br)ccc2[C@H](C)N)c1. The third-order valence-electron chi connectivity index (χ3n) is 3.06. The highest BCUT2D eigenvalue weighted by Crippen LogP contribution is 2.28. The largest absolute Gasteiger partial charge is 0.497 e. The minimum atomic E-state index is -0.0897. The molecular weight excluding hydrogens is 332 g/mol. The molecule has 0 aliphatic rings. The zero-order valence-corrected chi connectivity index (χ0v) is 14.0. The molecule has 0 saturated heterocycles. The highest BCUT2D eigenvalue weighted by molar-refractivity contribution is 9.10. The van der Waals surface area contributed by atoms with Gasteiger partial charge in [-0.05, 0) is 26.0 Å². The van der Waals surface area contributed by atoms with Gasteiger partial charge in [0, 0.05) is 33.9 Å². The van der Waals surface area contributed by atoms with Crippen LogP contribution in [0.5, 0.6) is 11.5 Å². The average molecular weight is 351 g/mol. The second kappa shape index (κ2) is 6.91. The van der Waals surface area contributed by atoms with Crippen LogP contribution in [0.1, 0.15) is 29.9 Å². The Balaban J connectivity index is 2.20. The normalized spacial score (nSPS) is 12.0. The summed E-state index contributed by atoms with van der Waals surface area (Å²) in [5.41, 5.74) is 8.66. The van der Waals surface area contributed by atoms with Gasteiger partial charge in [-0.15, -0.1) is 0 Å². The molecule has 0 bridgehead atoms. The molecule has 1 aromatic heterocycles. The Morgan fingerprint density at radius 1 is 1.29 bits per heavy atom. The third-order valence-corrected chi connectivity index (χ3v) is 3.55. The number of aryl methyl sites for hydroxylation is 1. The first-order valence-corrected chi connectivity index (χ1v) is 7.48. The summed E-state index contributed by atoms with van der Waals surface area (Å²) in [6, 6.07) is 9.51. The van der Waals surface area contributed by atoms with Crippen molar-refractivity contribution < 1.29 is 9.47 Å². The number of aromatic nitrogens is 1. The molecule has 2 N–H and O–H groups in total. The fraction of sp³-hybridized carbons (Fsp3) is 0.312. The number of pyridine rings is 1. The van der Waals surface area contributed by atoms with Gasteiger partial charge in [0.1, 0.15) is 18.1 Å². The van der Waals surface area contributed by atoms with Gasteiger partial charge >= 0.3 is 0 Å². The van der Waals surface area contributed by atoms with Gasteiger partial charge in [0.15, 0.2) is 0 Å². The van der Waals surface area contributed by atoms with Gasteiger partial charge in [0.05, 0.1) is 12.8 Å². The smallest absolute Gasteiger partial charge is 0.130 e. The van der Waals surface area contributed by atoms with Crippen LogP contribution in [-0.4, -0.2) is 12.1 Å². The van der Waals surface area contributed by atoms with E-state index in [1.54, 1.807) is 7.11 Å². The molecule has 0 radical (unpaired) electrons. The summed E-state index contributed by atoms with van der Waals surface area (Å²) in [5, 5.41) is 0. The number of methoxy groups -OCH3 is 1. The summed E-state index contributed by atoms with van der Waals surface area (Å²) in [5.74, 6) is 1.55. The van der Waals surface area contributed by atoms with E-state index in [2.05, 4.69) is 20.9 Å². The quantitative estimate of drug-likeness (QED) is 0.891. The van der Waals surface area contributed by atoms with Crippen LogP contribution in [-0.2, 0) is 6.61 Å². The number of ether oxygens (including phenoxy) is 2. The van der Waals surface area contributed by atoms with Crippen molar-refractivity contribution in [3.63, 3.8) is 0 Å². The minimum Gasteiger partial charge on any atom is -0.497 e. The Labute approximate surface area is 133 Å². The molecule has 0 aliphatic heterocycles. The van der Waals surface area contributed by atoms with E-state index in [0.717, 1.165) is 32.9 Å². The molecule has 1 aromatic carbocycles. The second-order valence-electron chi connectivity index (χ2n) is 4.90. The standard InChI is InChI=1S/C16H19BrN2O2/c1-10-6-14(20-3)8-13(19-10)9-21-16-7-12(17)4-5-15(16)11(2)18/h4-8,11H,9,18H2,1-3H3/t11-/m0/s1. The van der Waals surface area contributed by atoms with Crippen LogP contribution in [0.4, 0.5) is 0 Å². The fourth-order valence-corrected chi connectivity index (χ4v) is 2.40. The summed E-state index contributed by atoms with van der Waals surface area (Å²) in [6.45, 7) is 4.23. The topological polar surface area (TPSA) is 57.4 Å². The van der Waals surface area contributed by atoms with Gasteiger partial charge in [-0.25, -0.2) is 0 Å². The van der Waals surface area contributed by atoms with Crippen molar-refractivity contribution in [1.82, 2.24) is 4.98 Å². The van der Waals surface area contributed by atoms with E-state index in [4.69, 9.17) is 15.2 Å². The molecule has 0 aliphatic carbocycles. The Hall–Kier alpha value is -1.59. The summed E-state index contributed by atoms with van der Waals surface area (Å²) in [7, 11) is 1.64. The zero-order valence-electron chi connectivity index (χ0n) is 12.4. The first-order valence-electron chi connectivity index (χ1n) is 6.69. The van der Waals surface area contributed by atoms with Crippen LogP contribution < -0.4 is 15.2 Å². The first kappa shape index (κ1) is 15.8. The Bertz CT molecular complexity index is 630. The van der Waals surface area contributed by atoms with E-state index in [0.29, 0.717) is 6.61 Å². The predicted octanol–water partition coefficient (Wildman–Crippen LogP) is 3.76. The number of rotatable bonds is 5.